The fourth-order valence-corrected chi connectivity index (χ4v) is 5.61. The zero-order valence-electron chi connectivity index (χ0n) is 18.7. The van der Waals surface area contributed by atoms with Crippen molar-refractivity contribution in [2.75, 3.05) is 26.2 Å². The van der Waals surface area contributed by atoms with E-state index in [0.29, 0.717) is 12.2 Å². The molecule has 1 saturated heterocycles. The Morgan fingerprint density at radius 2 is 1.72 bits per heavy atom. The summed E-state index contributed by atoms with van der Waals surface area (Å²) in [5.74, 6) is 0.915. The third-order valence-electron chi connectivity index (χ3n) is 7.35. The standard InChI is InChI=1S/C27H33FN2O2/c28-25-8-3-7-24(19-25)27(31,22-5-1-2-6-22)23-13-16-30(17-14-23)15-4-18-32-26-11-9-21(20-29)10-12-26/h3,7-12,19,22-23,31H,1-2,4-6,13-18H2/t27-/m0/s1. The maximum Gasteiger partial charge on any atom is 0.123 e. The van der Waals surface area contributed by atoms with Crippen LogP contribution in [0, 0.1) is 29.0 Å². The number of benzene rings is 2. The number of nitrogens with zero attached hydrogens (tertiary/aromatic N) is 2. The van der Waals surface area contributed by atoms with Crippen LogP contribution in [0.3, 0.4) is 0 Å². The van der Waals surface area contributed by atoms with E-state index in [4.69, 9.17) is 10.00 Å². The summed E-state index contributed by atoms with van der Waals surface area (Å²) < 4.78 is 19.8. The van der Waals surface area contributed by atoms with E-state index < -0.39 is 5.60 Å². The van der Waals surface area contributed by atoms with Gasteiger partial charge in [-0.15, -0.1) is 0 Å². The highest BCUT2D eigenvalue weighted by atomic mass is 19.1. The molecule has 2 aliphatic rings. The van der Waals surface area contributed by atoms with E-state index in [1.165, 1.54) is 6.07 Å². The van der Waals surface area contributed by atoms with Gasteiger partial charge in [0.2, 0.25) is 0 Å². The van der Waals surface area contributed by atoms with Crippen LogP contribution < -0.4 is 4.74 Å². The second-order valence-electron chi connectivity index (χ2n) is 9.27. The molecule has 0 aromatic heterocycles. The maximum absolute atomic E-state index is 14.0. The van der Waals surface area contributed by atoms with Gasteiger partial charge in [0, 0.05) is 6.54 Å². The predicted molar refractivity (Wildman–Crippen MR) is 123 cm³/mol. The zero-order valence-corrected chi connectivity index (χ0v) is 18.7. The molecule has 2 aromatic carbocycles. The molecule has 0 spiro atoms. The Morgan fingerprint density at radius 1 is 1.03 bits per heavy atom. The Morgan fingerprint density at radius 3 is 2.38 bits per heavy atom. The number of halogens is 1. The number of nitriles is 1. The van der Waals surface area contributed by atoms with Gasteiger partial charge in [0.1, 0.15) is 11.6 Å². The van der Waals surface area contributed by atoms with Crippen LogP contribution in [0.1, 0.15) is 56.1 Å². The number of rotatable bonds is 8. The molecule has 32 heavy (non-hydrogen) atoms. The summed E-state index contributed by atoms with van der Waals surface area (Å²) in [6.45, 7) is 3.50. The van der Waals surface area contributed by atoms with Crippen molar-refractivity contribution in [1.82, 2.24) is 4.90 Å². The number of aliphatic hydroxyl groups is 1. The van der Waals surface area contributed by atoms with E-state index in [1.54, 1.807) is 24.3 Å². The highest BCUT2D eigenvalue weighted by Gasteiger charge is 2.46. The minimum absolute atomic E-state index is 0.165. The Hall–Kier alpha value is -2.42. The molecular weight excluding hydrogens is 403 g/mol. The van der Waals surface area contributed by atoms with Gasteiger partial charge in [-0.3, -0.25) is 0 Å². The molecule has 1 aliphatic carbocycles. The average Bonchev–Trinajstić information content (AvgIpc) is 3.38. The van der Waals surface area contributed by atoms with Gasteiger partial charge in [-0.1, -0.05) is 25.0 Å². The lowest BCUT2D eigenvalue weighted by Crippen LogP contribution is -2.47. The molecule has 0 amide bonds. The number of hydrogen-bond donors (Lipinski definition) is 1. The summed E-state index contributed by atoms with van der Waals surface area (Å²) in [5.41, 5.74) is 0.471. The summed E-state index contributed by atoms with van der Waals surface area (Å²) >= 11 is 0. The Bertz CT molecular complexity index is 912. The zero-order chi connectivity index (χ0) is 22.4. The number of ether oxygens (including phenoxy) is 1. The molecule has 1 aliphatic heterocycles. The lowest BCUT2D eigenvalue weighted by atomic mass is 9.68. The van der Waals surface area contributed by atoms with Crippen molar-refractivity contribution in [3.8, 4) is 11.8 Å². The molecule has 4 rings (SSSR count). The van der Waals surface area contributed by atoms with Crippen LogP contribution in [-0.2, 0) is 5.60 Å². The number of likely N-dealkylation sites (tertiary alicyclic amines) is 1. The molecular formula is C27H33FN2O2. The fourth-order valence-electron chi connectivity index (χ4n) is 5.61. The van der Waals surface area contributed by atoms with Crippen molar-refractivity contribution < 1.29 is 14.2 Å². The first-order chi connectivity index (χ1) is 15.6. The van der Waals surface area contributed by atoms with E-state index in [0.717, 1.165) is 75.9 Å². The summed E-state index contributed by atoms with van der Waals surface area (Å²) in [5, 5.41) is 20.8. The lowest BCUT2D eigenvalue weighted by Gasteiger charge is -2.45. The fraction of sp³-hybridized carbons (Fsp3) is 0.519. The smallest absolute Gasteiger partial charge is 0.123 e. The predicted octanol–water partition coefficient (Wildman–Crippen LogP) is 5.26. The number of hydrogen-bond acceptors (Lipinski definition) is 4. The largest absolute Gasteiger partial charge is 0.494 e. The van der Waals surface area contributed by atoms with Crippen molar-refractivity contribution in [3.63, 3.8) is 0 Å². The molecule has 1 atom stereocenters. The molecule has 1 saturated carbocycles. The molecule has 0 radical (unpaired) electrons. The van der Waals surface area contributed by atoms with Gasteiger partial charge in [0.05, 0.1) is 23.8 Å². The van der Waals surface area contributed by atoms with Crippen LogP contribution in [0.25, 0.3) is 0 Å². The third-order valence-corrected chi connectivity index (χ3v) is 7.35. The van der Waals surface area contributed by atoms with Crippen LogP contribution in [0.15, 0.2) is 48.5 Å². The first-order valence-electron chi connectivity index (χ1n) is 11.9. The Kier molecular flexibility index (Phi) is 7.44. The second-order valence-corrected chi connectivity index (χ2v) is 9.27. The third kappa shape index (κ3) is 5.14. The maximum atomic E-state index is 14.0. The van der Waals surface area contributed by atoms with E-state index in [1.807, 2.05) is 18.2 Å². The van der Waals surface area contributed by atoms with Gasteiger partial charge in [-0.2, -0.15) is 5.26 Å². The average molecular weight is 437 g/mol. The van der Waals surface area contributed by atoms with E-state index in [9.17, 15) is 9.50 Å². The van der Waals surface area contributed by atoms with Gasteiger partial charge in [0.15, 0.2) is 0 Å². The van der Waals surface area contributed by atoms with E-state index >= 15 is 0 Å². The summed E-state index contributed by atoms with van der Waals surface area (Å²) in [6, 6.07) is 16.0. The van der Waals surface area contributed by atoms with Crippen molar-refractivity contribution in [2.45, 2.75) is 50.5 Å². The van der Waals surface area contributed by atoms with Crippen LogP contribution in [0.5, 0.6) is 5.75 Å². The van der Waals surface area contributed by atoms with Crippen molar-refractivity contribution in [3.05, 3.63) is 65.5 Å². The van der Waals surface area contributed by atoms with Gasteiger partial charge in [0.25, 0.3) is 0 Å². The van der Waals surface area contributed by atoms with Crippen molar-refractivity contribution in [1.29, 1.82) is 5.26 Å². The summed E-state index contributed by atoms with van der Waals surface area (Å²) in [7, 11) is 0. The second kappa shape index (κ2) is 10.5. The first kappa shape index (κ1) is 22.8. The Labute approximate surface area is 190 Å². The molecule has 2 fully saturated rings. The molecule has 1 heterocycles. The molecule has 170 valence electrons. The molecule has 5 heteroatoms. The minimum Gasteiger partial charge on any atom is -0.494 e. The van der Waals surface area contributed by atoms with E-state index in [2.05, 4.69) is 11.0 Å². The van der Waals surface area contributed by atoms with Crippen LogP contribution >= 0.6 is 0 Å². The van der Waals surface area contributed by atoms with Crippen LogP contribution in [-0.4, -0.2) is 36.2 Å². The van der Waals surface area contributed by atoms with Crippen LogP contribution in [0.2, 0.25) is 0 Å². The SMILES string of the molecule is N#Cc1ccc(OCCCN2CCC([C@](O)(c3cccc(F)c3)C3CCCC3)CC2)cc1. The van der Waals surface area contributed by atoms with Gasteiger partial charge in [-0.25, -0.2) is 4.39 Å². The topological polar surface area (TPSA) is 56.5 Å². The van der Waals surface area contributed by atoms with E-state index in [-0.39, 0.29) is 17.7 Å². The summed E-state index contributed by atoms with van der Waals surface area (Å²) in [4.78, 5) is 2.44. The Balaban J connectivity index is 1.29. The minimum atomic E-state index is -0.927. The quantitative estimate of drug-likeness (QED) is 0.574. The number of piperidine rings is 1. The monoisotopic (exact) mass is 436 g/mol. The summed E-state index contributed by atoms with van der Waals surface area (Å²) in [6.07, 6.45) is 7.15. The highest BCUT2D eigenvalue weighted by Crippen LogP contribution is 2.48. The molecule has 4 nitrogen and oxygen atoms in total. The van der Waals surface area contributed by atoms with Crippen LogP contribution in [0.4, 0.5) is 4.39 Å². The van der Waals surface area contributed by atoms with Gasteiger partial charge in [-0.05, 0) is 99.0 Å². The van der Waals surface area contributed by atoms with Crippen molar-refractivity contribution >= 4 is 0 Å². The molecule has 0 unspecified atom stereocenters. The highest BCUT2D eigenvalue weighted by molar-refractivity contribution is 5.34. The van der Waals surface area contributed by atoms with Gasteiger partial charge < -0.3 is 14.7 Å². The normalized spacial score (nSPS) is 20.0. The van der Waals surface area contributed by atoms with Gasteiger partial charge >= 0.3 is 0 Å². The lowest BCUT2D eigenvalue weighted by molar-refractivity contribution is -0.0936. The van der Waals surface area contributed by atoms with Crippen molar-refractivity contribution in [2.24, 2.45) is 11.8 Å². The molecule has 0 bridgehead atoms. The molecule has 1 N–H and O–H groups in total. The first-order valence-corrected chi connectivity index (χ1v) is 11.9. The molecule has 2 aromatic rings.